The van der Waals surface area contributed by atoms with Crippen LogP contribution in [-0.2, 0) is 21.0 Å². The fourth-order valence-corrected chi connectivity index (χ4v) is 5.36. The molecule has 0 radical (unpaired) electrons. The van der Waals surface area contributed by atoms with Crippen molar-refractivity contribution in [1.29, 1.82) is 0 Å². The summed E-state index contributed by atoms with van der Waals surface area (Å²) in [7, 11) is 2.23. The number of phenolic OH excluding ortho intramolecular Hbond substituents is 1. The average Bonchev–Trinajstić information content (AvgIpc) is 2.87. The van der Waals surface area contributed by atoms with E-state index < -0.39 is 15.6 Å². The van der Waals surface area contributed by atoms with Crippen molar-refractivity contribution in [2.75, 3.05) is 28.4 Å². The van der Waals surface area contributed by atoms with Gasteiger partial charge in [0.1, 0.15) is 0 Å². The first-order valence-corrected chi connectivity index (χ1v) is 13.3. The van der Waals surface area contributed by atoms with Crippen molar-refractivity contribution in [2.45, 2.75) is 36.8 Å². The van der Waals surface area contributed by atoms with Crippen LogP contribution in [0.2, 0.25) is 0 Å². The van der Waals surface area contributed by atoms with Gasteiger partial charge in [-0.1, -0.05) is 51.1 Å². The number of rotatable bonds is 9. The monoisotopic (exact) mass is 526 g/mol. The lowest BCUT2D eigenvalue weighted by Gasteiger charge is -2.20. The SMILES string of the molecule is COc1ccc(/C=C\c2cc(OC)c(OC)c(OC)c2)c(CS(=O)(=O)c2cccc(C(C)(C)C)c2)c1O. The molecule has 0 atom stereocenters. The molecule has 0 saturated carbocycles. The van der Waals surface area contributed by atoms with Crippen LogP contribution in [0.1, 0.15) is 43.0 Å². The second kappa shape index (κ2) is 11.2. The molecule has 0 heterocycles. The highest BCUT2D eigenvalue weighted by Gasteiger charge is 2.24. The molecule has 0 aromatic heterocycles. The quantitative estimate of drug-likeness (QED) is 0.349. The van der Waals surface area contributed by atoms with E-state index in [1.165, 1.54) is 28.4 Å². The maximum atomic E-state index is 13.5. The van der Waals surface area contributed by atoms with E-state index in [9.17, 15) is 13.5 Å². The van der Waals surface area contributed by atoms with E-state index in [4.69, 9.17) is 18.9 Å². The van der Waals surface area contributed by atoms with Crippen LogP contribution < -0.4 is 18.9 Å². The molecule has 0 fully saturated rings. The zero-order valence-electron chi connectivity index (χ0n) is 22.3. The third kappa shape index (κ3) is 6.20. The number of hydrogen-bond acceptors (Lipinski definition) is 7. The third-order valence-electron chi connectivity index (χ3n) is 6.04. The Labute approximate surface area is 219 Å². The van der Waals surface area contributed by atoms with Crippen molar-refractivity contribution in [3.63, 3.8) is 0 Å². The summed E-state index contributed by atoms with van der Waals surface area (Å²) < 4.78 is 48.4. The molecular weight excluding hydrogens is 492 g/mol. The smallest absolute Gasteiger partial charge is 0.203 e. The van der Waals surface area contributed by atoms with Crippen molar-refractivity contribution >= 4 is 22.0 Å². The summed E-state index contributed by atoms with van der Waals surface area (Å²) in [6, 6.07) is 13.8. The molecule has 1 N–H and O–H groups in total. The Kier molecular flexibility index (Phi) is 8.43. The van der Waals surface area contributed by atoms with Crippen LogP contribution >= 0.6 is 0 Å². The van der Waals surface area contributed by atoms with Crippen LogP contribution in [0, 0.1) is 0 Å². The van der Waals surface area contributed by atoms with Crippen molar-refractivity contribution in [2.24, 2.45) is 0 Å². The topological polar surface area (TPSA) is 91.3 Å². The lowest BCUT2D eigenvalue weighted by molar-refractivity contribution is 0.324. The minimum Gasteiger partial charge on any atom is -0.504 e. The van der Waals surface area contributed by atoms with Gasteiger partial charge in [-0.15, -0.1) is 0 Å². The summed E-state index contributed by atoms with van der Waals surface area (Å²) >= 11 is 0. The molecule has 37 heavy (non-hydrogen) atoms. The summed E-state index contributed by atoms with van der Waals surface area (Å²) in [4.78, 5) is 0.196. The highest BCUT2D eigenvalue weighted by Crippen LogP contribution is 2.40. The predicted octanol–water partition coefficient (Wildman–Crippen LogP) is 5.87. The number of sulfone groups is 1. The van der Waals surface area contributed by atoms with Gasteiger partial charge < -0.3 is 24.1 Å². The number of aromatic hydroxyl groups is 1. The van der Waals surface area contributed by atoms with Gasteiger partial charge in [-0.2, -0.15) is 0 Å². The Morgan fingerprint density at radius 2 is 1.43 bits per heavy atom. The molecule has 7 nitrogen and oxygen atoms in total. The van der Waals surface area contributed by atoms with Gasteiger partial charge in [-0.05, 0) is 52.4 Å². The van der Waals surface area contributed by atoms with Gasteiger partial charge in [0.15, 0.2) is 32.8 Å². The van der Waals surface area contributed by atoms with Crippen LogP contribution in [-0.4, -0.2) is 42.0 Å². The van der Waals surface area contributed by atoms with Crippen LogP contribution in [0.3, 0.4) is 0 Å². The fourth-order valence-electron chi connectivity index (χ4n) is 3.92. The third-order valence-corrected chi connectivity index (χ3v) is 7.68. The molecule has 0 saturated heterocycles. The van der Waals surface area contributed by atoms with E-state index in [2.05, 4.69) is 0 Å². The molecule has 0 aliphatic rings. The van der Waals surface area contributed by atoms with Gasteiger partial charge in [0.2, 0.25) is 5.75 Å². The molecule has 0 amide bonds. The highest BCUT2D eigenvalue weighted by atomic mass is 32.2. The Hall–Kier alpha value is -3.65. The molecular formula is C29H34O7S. The van der Waals surface area contributed by atoms with Crippen molar-refractivity contribution in [1.82, 2.24) is 0 Å². The summed E-state index contributed by atoms with van der Waals surface area (Å²) in [5.41, 5.74) is 2.20. The first-order valence-electron chi connectivity index (χ1n) is 11.7. The number of ether oxygens (including phenoxy) is 4. The van der Waals surface area contributed by atoms with Crippen LogP contribution in [0.5, 0.6) is 28.7 Å². The minimum atomic E-state index is -3.79. The van der Waals surface area contributed by atoms with E-state index in [0.29, 0.717) is 22.8 Å². The molecule has 3 aromatic rings. The number of hydrogen-bond donors (Lipinski definition) is 1. The van der Waals surface area contributed by atoms with Gasteiger partial charge in [0.25, 0.3) is 0 Å². The standard InChI is InChI=1S/C29H34O7S/c1-29(2,3)21-9-8-10-22(17-21)37(31,32)18-23-20(13-14-24(33-4)27(23)30)12-11-19-15-25(34-5)28(36-7)26(16-19)35-6/h8-17,30H,18H2,1-7H3/b12-11-. The fraction of sp³-hybridized carbons (Fsp3) is 0.310. The summed E-state index contributed by atoms with van der Waals surface area (Å²) in [6.45, 7) is 6.08. The van der Waals surface area contributed by atoms with E-state index in [0.717, 1.165) is 11.1 Å². The molecule has 0 aliphatic heterocycles. The molecule has 0 aliphatic carbocycles. The molecule has 3 rings (SSSR count). The maximum absolute atomic E-state index is 13.5. The van der Waals surface area contributed by atoms with Crippen molar-refractivity contribution in [3.8, 4) is 28.7 Å². The van der Waals surface area contributed by atoms with Crippen LogP contribution in [0.4, 0.5) is 0 Å². The first kappa shape index (κ1) is 27.9. The molecule has 198 valence electrons. The summed E-state index contributed by atoms with van der Waals surface area (Å²) in [5, 5.41) is 10.9. The normalized spacial score (nSPS) is 12.0. The average molecular weight is 527 g/mol. The summed E-state index contributed by atoms with van der Waals surface area (Å²) in [5.74, 6) is 1.01. The second-order valence-electron chi connectivity index (χ2n) is 9.51. The van der Waals surface area contributed by atoms with Gasteiger partial charge >= 0.3 is 0 Å². The van der Waals surface area contributed by atoms with Gasteiger partial charge in [-0.25, -0.2) is 8.42 Å². The Balaban J connectivity index is 2.07. The Bertz CT molecular complexity index is 1380. The van der Waals surface area contributed by atoms with Crippen LogP contribution in [0.15, 0.2) is 53.4 Å². The van der Waals surface area contributed by atoms with E-state index in [1.807, 2.05) is 26.8 Å². The molecule has 3 aromatic carbocycles. The van der Waals surface area contributed by atoms with Gasteiger partial charge in [0, 0.05) is 5.56 Å². The number of phenols is 1. The molecule has 0 bridgehead atoms. The predicted molar refractivity (Wildman–Crippen MR) is 146 cm³/mol. The number of methoxy groups -OCH3 is 4. The van der Waals surface area contributed by atoms with Gasteiger partial charge in [0.05, 0.1) is 39.1 Å². The first-order chi connectivity index (χ1) is 17.4. The Morgan fingerprint density at radius 3 is 1.97 bits per heavy atom. The second-order valence-corrected chi connectivity index (χ2v) is 11.5. The largest absolute Gasteiger partial charge is 0.504 e. The van der Waals surface area contributed by atoms with E-state index >= 15 is 0 Å². The van der Waals surface area contributed by atoms with Crippen molar-refractivity contribution < 1.29 is 32.5 Å². The minimum absolute atomic E-state index is 0.193. The molecule has 8 heteroatoms. The highest BCUT2D eigenvalue weighted by molar-refractivity contribution is 7.90. The van der Waals surface area contributed by atoms with E-state index in [1.54, 1.807) is 54.6 Å². The maximum Gasteiger partial charge on any atom is 0.203 e. The van der Waals surface area contributed by atoms with Gasteiger partial charge in [-0.3, -0.25) is 0 Å². The number of benzene rings is 3. The lowest BCUT2D eigenvalue weighted by atomic mass is 9.87. The molecule has 0 spiro atoms. The summed E-state index contributed by atoms with van der Waals surface area (Å²) in [6.07, 6.45) is 3.51. The zero-order chi connectivity index (χ0) is 27.4. The molecule has 0 unspecified atom stereocenters. The van der Waals surface area contributed by atoms with Crippen LogP contribution in [0.25, 0.3) is 12.2 Å². The van der Waals surface area contributed by atoms with E-state index in [-0.39, 0.29) is 27.4 Å². The zero-order valence-corrected chi connectivity index (χ0v) is 23.1. The Morgan fingerprint density at radius 1 is 0.811 bits per heavy atom. The van der Waals surface area contributed by atoms with Crippen molar-refractivity contribution in [3.05, 3.63) is 70.8 Å². The lowest BCUT2D eigenvalue weighted by Crippen LogP contribution is -2.13.